The molecule has 7 nitrogen and oxygen atoms in total. The monoisotopic (exact) mass is 402 g/mol. The van der Waals surface area contributed by atoms with Crippen molar-refractivity contribution in [1.82, 2.24) is 19.6 Å². The maximum Gasteiger partial charge on any atom is 0.227 e. The van der Waals surface area contributed by atoms with Crippen molar-refractivity contribution in [2.75, 3.05) is 12.8 Å². The van der Waals surface area contributed by atoms with Crippen LogP contribution in [0, 0.1) is 6.92 Å². The van der Waals surface area contributed by atoms with Crippen molar-refractivity contribution >= 4 is 9.84 Å². The lowest BCUT2D eigenvalue weighted by Gasteiger charge is -2.17. The van der Waals surface area contributed by atoms with Gasteiger partial charge in [-0.25, -0.2) is 13.4 Å². The zero-order chi connectivity index (χ0) is 20.1. The van der Waals surface area contributed by atoms with Crippen molar-refractivity contribution in [2.45, 2.75) is 45.1 Å². The lowest BCUT2D eigenvalue weighted by molar-refractivity contribution is 0.260. The van der Waals surface area contributed by atoms with Crippen LogP contribution in [0.3, 0.4) is 0 Å². The Hall–Kier alpha value is -2.45. The summed E-state index contributed by atoms with van der Waals surface area (Å²) in [6, 6.07) is 11.9. The smallest absolute Gasteiger partial charge is 0.227 e. The van der Waals surface area contributed by atoms with Crippen LogP contribution in [0.5, 0.6) is 0 Å². The van der Waals surface area contributed by atoms with E-state index in [4.69, 9.17) is 4.52 Å². The maximum atomic E-state index is 12.5. The molecule has 0 N–H and O–H groups in total. The highest BCUT2D eigenvalue weighted by atomic mass is 32.2. The summed E-state index contributed by atoms with van der Waals surface area (Å²) in [6.07, 6.45) is 2.40. The summed E-state index contributed by atoms with van der Waals surface area (Å²) in [4.78, 5) is 6.30. The number of hydrogen-bond donors (Lipinski definition) is 0. The molecule has 8 heteroatoms. The molecule has 0 amide bonds. The van der Waals surface area contributed by atoms with E-state index in [2.05, 4.69) is 15.0 Å². The van der Waals surface area contributed by atoms with Crippen molar-refractivity contribution < 1.29 is 12.9 Å². The molecule has 0 fully saturated rings. The molecule has 2 aromatic heterocycles. The van der Waals surface area contributed by atoms with E-state index in [1.165, 1.54) is 0 Å². The molecule has 0 aliphatic rings. The van der Waals surface area contributed by atoms with Crippen molar-refractivity contribution in [3.63, 3.8) is 0 Å². The Balaban J connectivity index is 1.81. The summed E-state index contributed by atoms with van der Waals surface area (Å²) in [5.74, 6) is 0.805. The molecule has 0 bridgehead atoms. The van der Waals surface area contributed by atoms with E-state index in [0.717, 1.165) is 29.1 Å². The summed E-state index contributed by atoms with van der Waals surface area (Å²) in [6.45, 7) is 5.22. The molecule has 0 spiro atoms. The van der Waals surface area contributed by atoms with Gasteiger partial charge in [0.05, 0.1) is 29.9 Å². The quantitative estimate of drug-likeness (QED) is 0.547. The van der Waals surface area contributed by atoms with Crippen LogP contribution in [0.1, 0.15) is 29.6 Å². The number of aryl methyl sites for hydroxylation is 2. The van der Waals surface area contributed by atoms with Crippen LogP contribution in [0.25, 0.3) is 0 Å². The molecule has 0 aliphatic carbocycles. The molecule has 1 aromatic carbocycles. The molecule has 0 atom stereocenters. The standard InChI is InChI=1S/C20H26N4O3S/c1-4-28(25,26)20-21-13-18(14-23(3)15-19-12-16(2)22-27-19)24(20)11-10-17-8-6-5-7-9-17/h5-9,12-13H,4,10-11,14-15H2,1-3H3. The molecule has 0 aliphatic heterocycles. The maximum absolute atomic E-state index is 12.5. The van der Waals surface area contributed by atoms with E-state index in [9.17, 15) is 8.42 Å². The lowest BCUT2D eigenvalue weighted by Crippen LogP contribution is -2.21. The fraction of sp³-hybridized carbons (Fsp3) is 0.400. The molecular formula is C20H26N4O3S. The Labute approximate surface area is 165 Å². The number of hydrogen-bond acceptors (Lipinski definition) is 6. The first kappa shape index (κ1) is 20.3. The highest BCUT2D eigenvalue weighted by Crippen LogP contribution is 2.17. The third-order valence-electron chi connectivity index (χ3n) is 4.56. The van der Waals surface area contributed by atoms with Crippen molar-refractivity contribution in [2.24, 2.45) is 0 Å². The third-order valence-corrected chi connectivity index (χ3v) is 6.20. The van der Waals surface area contributed by atoms with Gasteiger partial charge >= 0.3 is 0 Å². The second kappa shape index (κ2) is 8.70. The Morgan fingerprint density at radius 2 is 1.93 bits per heavy atom. The van der Waals surface area contributed by atoms with Crippen molar-refractivity contribution in [1.29, 1.82) is 0 Å². The lowest BCUT2D eigenvalue weighted by atomic mass is 10.1. The zero-order valence-corrected chi connectivity index (χ0v) is 17.3. The zero-order valence-electron chi connectivity index (χ0n) is 16.5. The van der Waals surface area contributed by atoms with E-state index < -0.39 is 9.84 Å². The highest BCUT2D eigenvalue weighted by molar-refractivity contribution is 7.91. The predicted octanol–water partition coefficient (Wildman–Crippen LogP) is 2.85. The summed E-state index contributed by atoms with van der Waals surface area (Å²) >= 11 is 0. The minimum absolute atomic E-state index is 0.0297. The van der Waals surface area contributed by atoms with Crippen LogP contribution in [-0.2, 0) is 35.9 Å². The van der Waals surface area contributed by atoms with Gasteiger partial charge in [0.1, 0.15) is 0 Å². The fourth-order valence-electron chi connectivity index (χ4n) is 3.11. The average molecular weight is 403 g/mol. The minimum atomic E-state index is -3.40. The fourth-order valence-corrected chi connectivity index (χ4v) is 4.13. The van der Waals surface area contributed by atoms with Crippen LogP contribution in [0.2, 0.25) is 0 Å². The highest BCUT2D eigenvalue weighted by Gasteiger charge is 2.22. The van der Waals surface area contributed by atoms with E-state index in [-0.39, 0.29) is 10.9 Å². The van der Waals surface area contributed by atoms with Gasteiger partial charge in [-0.3, -0.25) is 4.90 Å². The van der Waals surface area contributed by atoms with Gasteiger partial charge in [-0.05, 0) is 26.0 Å². The van der Waals surface area contributed by atoms with Gasteiger partial charge < -0.3 is 9.09 Å². The first-order valence-electron chi connectivity index (χ1n) is 9.31. The number of rotatable bonds is 9. The number of imidazole rings is 1. The summed E-state index contributed by atoms with van der Waals surface area (Å²) in [7, 11) is -1.44. The molecule has 0 radical (unpaired) electrons. The second-order valence-electron chi connectivity index (χ2n) is 6.93. The van der Waals surface area contributed by atoms with E-state index in [1.54, 1.807) is 13.1 Å². The largest absolute Gasteiger partial charge is 0.360 e. The number of sulfone groups is 1. The molecule has 3 aromatic rings. The first-order valence-corrected chi connectivity index (χ1v) is 11.0. The van der Waals surface area contributed by atoms with Gasteiger partial charge in [-0.15, -0.1) is 0 Å². The third kappa shape index (κ3) is 4.88. The van der Waals surface area contributed by atoms with E-state index >= 15 is 0 Å². The predicted molar refractivity (Wildman–Crippen MR) is 107 cm³/mol. The molecule has 0 saturated heterocycles. The Kier molecular flexibility index (Phi) is 6.31. The van der Waals surface area contributed by atoms with Gasteiger partial charge in [0.2, 0.25) is 15.0 Å². The van der Waals surface area contributed by atoms with Gasteiger partial charge in [0, 0.05) is 19.2 Å². The van der Waals surface area contributed by atoms with E-state index in [0.29, 0.717) is 19.6 Å². The topological polar surface area (TPSA) is 81.2 Å². The van der Waals surface area contributed by atoms with Crippen LogP contribution in [0.15, 0.2) is 52.3 Å². The molecular weight excluding hydrogens is 376 g/mol. The van der Waals surface area contributed by atoms with Crippen LogP contribution < -0.4 is 0 Å². The normalized spacial score (nSPS) is 12.0. The Morgan fingerprint density at radius 1 is 1.18 bits per heavy atom. The Bertz CT molecular complexity index is 1010. The number of benzene rings is 1. The molecule has 2 heterocycles. The van der Waals surface area contributed by atoms with Gasteiger partial charge in [0.25, 0.3) is 0 Å². The second-order valence-corrected chi connectivity index (χ2v) is 9.10. The van der Waals surface area contributed by atoms with E-state index in [1.807, 2.05) is 54.9 Å². The van der Waals surface area contributed by atoms with Crippen LogP contribution >= 0.6 is 0 Å². The number of aromatic nitrogens is 3. The number of nitrogens with zero attached hydrogens (tertiary/aromatic N) is 4. The van der Waals surface area contributed by atoms with Gasteiger partial charge in [-0.1, -0.05) is 42.4 Å². The van der Waals surface area contributed by atoms with Gasteiger partial charge in [0.15, 0.2) is 5.76 Å². The molecule has 0 saturated carbocycles. The Morgan fingerprint density at radius 3 is 2.57 bits per heavy atom. The molecule has 150 valence electrons. The summed E-state index contributed by atoms with van der Waals surface area (Å²) in [5, 5.41) is 4.05. The van der Waals surface area contributed by atoms with Gasteiger partial charge in [-0.2, -0.15) is 0 Å². The van der Waals surface area contributed by atoms with Crippen LogP contribution in [0.4, 0.5) is 0 Å². The average Bonchev–Trinajstić information content (AvgIpc) is 3.27. The summed E-state index contributed by atoms with van der Waals surface area (Å²) < 4.78 is 32.1. The molecule has 28 heavy (non-hydrogen) atoms. The van der Waals surface area contributed by atoms with Crippen molar-refractivity contribution in [3.05, 3.63) is 65.3 Å². The summed E-state index contributed by atoms with van der Waals surface area (Å²) in [5.41, 5.74) is 2.86. The SMILES string of the molecule is CCS(=O)(=O)c1ncc(CN(C)Cc2cc(C)no2)n1CCc1ccccc1. The molecule has 0 unspecified atom stereocenters. The molecule has 3 rings (SSSR count). The minimum Gasteiger partial charge on any atom is -0.360 e. The first-order chi connectivity index (χ1) is 13.4. The van der Waals surface area contributed by atoms with Crippen LogP contribution in [-0.4, -0.2) is 40.8 Å². The van der Waals surface area contributed by atoms with Crippen molar-refractivity contribution in [3.8, 4) is 0 Å².